The highest BCUT2D eigenvalue weighted by molar-refractivity contribution is 5.29. The molecule has 0 amide bonds. The topological polar surface area (TPSA) is 61.0 Å². The Morgan fingerprint density at radius 3 is 2.75 bits per heavy atom. The van der Waals surface area contributed by atoms with Crippen molar-refractivity contribution in [2.24, 2.45) is 0 Å². The molecular formula is C19H17N3O2. The molecule has 3 aromatic rings. The molecule has 0 atom stereocenters. The first-order valence-corrected chi connectivity index (χ1v) is 7.68. The molecule has 3 rings (SSSR count). The van der Waals surface area contributed by atoms with E-state index in [-0.39, 0.29) is 0 Å². The molecule has 5 nitrogen and oxygen atoms in total. The average Bonchev–Trinajstić information content (AvgIpc) is 3.08. The summed E-state index contributed by atoms with van der Waals surface area (Å²) in [6.45, 7) is 0. The molecule has 0 bridgehead atoms. The molecule has 1 aromatic carbocycles. The van der Waals surface area contributed by atoms with Crippen LogP contribution < -0.4 is 4.74 Å². The zero-order chi connectivity index (χ0) is 16.6. The van der Waals surface area contributed by atoms with Crippen molar-refractivity contribution in [3.05, 3.63) is 71.6 Å². The fourth-order valence-corrected chi connectivity index (χ4v) is 2.15. The summed E-state index contributed by atoms with van der Waals surface area (Å²) >= 11 is 0. The summed E-state index contributed by atoms with van der Waals surface area (Å²) < 4.78 is 10.4. The van der Waals surface area contributed by atoms with E-state index in [1.54, 1.807) is 13.3 Å². The van der Waals surface area contributed by atoms with Gasteiger partial charge in [0, 0.05) is 25.5 Å². The maximum atomic E-state index is 5.26. The third-order valence-corrected chi connectivity index (χ3v) is 3.38. The minimum atomic E-state index is 0.605. The minimum Gasteiger partial charge on any atom is -0.497 e. The van der Waals surface area contributed by atoms with Crippen molar-refractivity contribution >= 4 is 0 Å². The van der Waals surface area contributed by atoms with E-state index < -0.39 is 0 Å². The first kappa shape index (κ1) is 15.8. The predicted octanol–water partition coefficient (Wildman–Crippen LogP) is 3.05. The maximum absolute atomic E-state index is 5.26. The molecule has 2 aromatic heterocycles. The third-order valence-electron chi connectivity index (χ3n) is 3.38. The number of aromatic nitrogens is 3. The first-order chi connectivity index (χ1) is 11.8. The third kappa shape index (κ3) is 4.43. The Morgan fingerprint density at radius 2 is 2.00 bits per heavy atom. The molecule has 24 heavy (non-hydrogen) atoms. The van der Waals surface area contributed by atoms with Gasteiger partial charge in [-0.05, 0) is 35.7 Å². The van der Waals surface area contributed by atoms with Crippen LogP contribution in [0.25, 0.3) is 0 Å². The van der Waals surface area contributed by atoms with Crippen LogP contribution in [0.15, 0.2) is 53.2 Å². The summed E-state index contributed by atoms with van der Waals surface area (Å²) in [7, 11) is 1.65. The van der Waals surface area contributed by atoms with Crippen molar-refractivity contribution in [2.75, 3.05) is 7.11 Å². The predicted molar refractivity (Wildman–Crippen MR) is 89.5 cm³/mol. The Balaban J connectivity index is 1.53. The van der Waals surface area contributed by atoms with Gasteiger partial charge in [0.1, 0.15) is 11.4 Å². The quantitative estimate of drug-likeness (QED) is 0.676. The molecule has 0 spiro atoms. The van der Waals surface area contributed by atoms with Gasteiger partial charge in [-0.15, -0.1) is 0 Å². The van der Waals surface area contributed by atoms with Crippen LogP contribution in [-0.2, 0) is 12.8 Å². The van der Waals surface area contributed by atoms with Crippen LogP contribution in [0.2, 0.25) is 0 Å². The van der Waals surface area contributed by atoms with E-state index >= 15 is 0 Å². The number of aryl methyl sites for hydroxylation is 1. The van der Waals surface area contributed by atoms with Gasteiger partial charge < -0.3 is 9.26 Å². The van der Waals surface area contributed by atoms with E-state index in [0.29, 0.717) is 31.0 Å². The summed E-state index contributed by atoms with van der Waals surface area (Å²) in [5.41, 5.74) is 1.88. The fraction of sp³-hybridized carbons (Fsp3) is 0.211. The van der Waals surface area contributed by atoms with Gasteiger partial charge in [-0.2, -0.15) is 4.98 Å². The molecular weight excluding hydrogens is 302 g/mol. The second kappa shape index (κ2) is 7.93. The van der Waals surface area contributed by atoms with E-state index in [2.05, 4.69) is 27.0 Å². The Bertz CT molecular complexity index is 830. The lowest BCUT2D eigenvalue weighted by Gasteiger charge is -2.00. The number of ether oxygens (including phenoxy) is 1. The first-order valence-electron chi connectivity index (χ1n) is 7.68. The molecule has 0 saturated carbocycles. The highest BCUT2D eigenvalue weighted by Gasteiger charge is 2.06. The van der Waals surface area contributed by atoms with Crippen molar-refractivity contribution < 1.29 is 9.26 Å². The molecule has 0 saturated heterocycles. The molecule has 120 valence electrons. The van der Waals surface area contributed by atoms with Crippen molar-refractivity contribution in [1.29, 1.82) is 0 Å². The zero-order valence-corrected chi connectivity index (χ0v) is 13.4. The van der Waals surface area contributed by atoms with Crippen LogP contribution in [0.1, 0.15) is 29.4 Å². The van der Waals surface area contributed by atoms with Crippen LogP contribution in [0, 0.1) is 11.8 Å². The smallest absolute Gasteiger partial charge is 0.227 e. The summed E-state index contributed by atoms with van der Waals surface area (Å²) in [6.07, 6.45) is 3.65. The number of hydrogen-bond donors (Lipinski definition) is 0. The molecule has 0 fully saturated rings. The second-order valence-electron chi connectivity index (χ2n) is 5.15. The van der Waals surface area contributed by atoms with Crippen molar-refractivity contribution in [3.63, 3.8) is 0 Å². The maximum Gasteiger partial charge on any atom is 0.227 e. The molecule has 0 unspecified atom stereocenters. The van der Waals surface area contributed by atoms with E-state index in [1.807, 2.05) is 42.5 Å². The van der Waals surface area contributed by atoms with Gasteiger partial charge in [0.05, 0.1) is 7.11 Å². The lowest BCUT2D eigenvalue weighted by Crippen LogP contribution is -1.92. The van der Waals surface area contributed by atoms with Crippen molar-refractivity contribution in [3.8, 4) is 17.6 Å². The fourth-order valence-electron chi connectivity index (χ4n) is 2.15. The number of rotatable bonds is 5. The molecule has 5 heteroatoms. The highest BCUT2D eigenvalue weighted by Crippen LogP contribution is 2.14. The molecule has 0 N–H and O–H groups in total. The number of hydrogen-bond acceptors (Lipinski definition) is 5. The summed E-state index contributed by atoms with van der Waals surface area (Å²) in [6, 6.07) is 13.5. The van der Waals surface area contributed by atoms with Crippen LogP contribution >= 0.6 is 0 Å². The van der Waals surface area contributed by atoms with E-state index in [1.165, 1.54) is 0 Å². The van der Waals surface area contributed by atoms with Crippen LogP contribution in [0.4, 0.5) is 0 Å². The van der Waals surface area contributed by atoms with Gasteiger partial charge in [-0.25, -0.2) is 4.98 Å². The molecule has 0 aliphatic carbocycles. The lowest BCUT2D eigenvalue weighted by atomic mass is 10.1. The van der Waals surface area contributed by atoms with Gasteiger partial charge in [0.2, 0.25) is 5.89 Å². The standard InChI is InChI=1S/C19H17N3O2/c1-23-17-11-9-15(10-12-17)14-18-21-19(24-22-18)8-3-2-6-16-7-4-5-13-20-16/h4-5,7,9-13H,3,8,14H2,1H3. The lowest BCUT2D eigenvalue weighted by molar-refractivity contribution is 0.375. The number of pyridine rings is 1. The van der Waals surface area contributed by atoms with E-state index in [9.17, 15) is 0 Å². The van der Waals surface area contributed by atoms with Gasteiger partial charge in [-0.3, -0.25) is 0 Å². The van der Waals surface area contributed by atoms with Crippen LogP contribution in [0.5, 0.6) is 5.75 Å². The summed E-state index contributed by atoms with van der Waals surface area (Å²) in [4.78, 5) is 8.55. The summed E-state index contributed by atoms with van der Waals surface area (Å²) in [5, 5.41) is 4.01. The Hall–Kier alpha value is -3.13. The SMILES string of the molecule is COc1ccc(Cc2noc(CCC#Cc3ccccn3)n2)cc1. The largest absolute Gasteiger partial charge is 0.497 e. The Morgan fingerprint density at radius 1 is 1.12 bits per heavy atom. The van der Waals surface area contributed by atoms with Crippen molar-refractivity contribution in [2.45, 2.75) is 19.3 Å². The zero-order valence-electron chi connectivity index (χ0n) is 13.4. The van der Waals surface area contributed by atoms with Crippen LogP contribution in [-0.4, -0.2) is 22.2 Å². The number of methoxy groups -OCH3 is 1. The monoisotopic (exact) mass is 319 g/mol. The molecule has 0 aliphatic rings. The van der Waals surface area contributed by atoms with Gasteiger partial charge >= 0.3 is 0 Å². The number of benzene rings is 1. The summed E-state index contributed by atoms with van der Waals surface area (Å²) in [5.74, 6) is 8.19. The van der Waals surface area contributed by atoms with Gasteiger partial charge in [0.25, 0.3) is 0 Å². The van der Waals surface area contributed by atoms with E-state index in [0.717, 1.165) is 17.0 Å². The highest BCUT2D eigenvalue weighted by atomic mass is 16.5. The minimum absolute atomic E-state index is 0.605. The van der Waals surface area contributed by atoms with Crippen LogP contribution in [0.3, 0.4) is 0 Å². The van der Waals surface area contributed by atoms with Gasteiger partial charge in [0.15, 0.2) is 5.82 Å². The number of nitrogens with zero attached hydrogens (tertiary/aromatic N) is 3. The molecule has 0 aliphatic heterocycles. The Labute approximate surface area is 140 Å². The van der Waals surface area contributed by atoms with E-state index in [4.69, 9.17) is 9.26 Å². The molecule has 0 radical (unpaired) electrons. The normalized spacial score (nSPS) is 10.0. The average molecular weight is 319 g/mol. The van der Waals surface area contributed by atoms with Crippen molar-refractivity contribution in [1.82, 2.24) is 15.1 Å². The second-order valence-corrected chi connectivity index (χ2v) is 5.15. The molecule has 2 heterocycles. The Kier molecular flexibility index (Phi) is 5.21. The van der Waals surface area contributed by atoms with Gasteiger partial charge in [-0.1, -0.05) is 29.3 Å².